The molecule has 0 atom stereocenters. The largest absolute Gasteiger partial charge is 0.471 e. The Morgan fingerprint density at radius 1 is 1.10 bits per heavy atom. The Kier molecular flexibility index (Phi) is 7.19. The molecule has 1 aromatic heterocycles. The van der Waals surface area contributed by atoms with Gasteiger partial charge in [0.15, 0.2) is 0 Å². The van der Waals surface area contributed by atoms with Crippen LogP contribution >= 0.6 is 0 Å². The first-order valence-electron chi connectivity index (χ1n) is 8.95. The molecule has 0 radical (unpaired) electrons. The van der Waals surface area contributed by atoms with Crippen LogP contribution < -0.4 is 0 Å². The Labute approximate surface area is 170 Å². The van der Waals surface area contributed by atoms with E-state index in [9.17, 15) is 22.8 Å². The third kappa shape index (κ3) is 6.83. The number of rotatable bonds is 7. The number of carbonyl (C=O) groups excluding carboxylic acids is 2. The zero-order chi connectivity index (χ0) is 22.5. The number of alkyl halides is 3. The molecular formula is C19H22F3N3O5. The van der Waals surface area contributed by atoms with Gasteiger partial charge in [-0.2, -0.15) is 18.2 Å². The lowest BCUT2D eigenvalue weighted by Gasteiger charge is -2.21. The van der Waals surface area contributed by atoms with Gasteiger partial charge in [0.2, 0.25) is 11.7 Å². The SMILES string of the molecule is CON(Cc1ccc(-c2noc(C(F)(F)F)n2)cc1)C(=O)CCC(=O)OC(C)(C)C. The highest BCUT2D eigenvalue weighted by Gasteiger charge is 2.38. The number of hydroxylamine groups is 2. The summed E-state index contributed by atoms with van der Waals surface area (Å²) in [6, 6.07) is 6.18. The van der Waals surface area contributed by atoms with Crippen molar-refractivity contribution in [3.05, 3.63) is 35.7 Å². The first kappa shape index (κ1) is 23.3. The number of benzene rings is 1. The fourth-order valence-electron chi connectivity index (χ4n) is 2.36. The van der Waals surface area contributed by atoms with Crippen molar-refractivity contribution in [2.24, 2.45) is 0 Å². The highest BCUT2D eigenvalue weighted by molar-refractivity contribution is 5.80. The van der Waals surface area contributed by atoms with Gasteiger partial charge in [-0.05, 0) is 26.3 Å². The predicted octanol–water partition coefficient (Wildman–Crippen LogP) is 3.77. The summed E-state index contributed by atoms with van der Waals surface area (Å²) in [6.45, 7) is 5.27. The summed E-state index contributed by atoms with van der Waals surface area (Å²) in [6.07, 6.45) is -4.90. The molecule has 0 fully saturated rings. The lowest BCUT2D eigenvalue weighted by Crippen LogP contribution is -2.30. The van der Waals surface area contributed by atoms with E-state index in [1.165, 1.54) is 19.2 Å². The minimum Gasteiger partial charge on any atom is -0.460 e. The number of esters is 1. The van der Waals surface area contributed by atoms with Crippen LogP contribution in [0.15, 0.2) is 28.8 Å². The van der Waals surface area contributed by atoms with Crippen molar-refractivity contribution in [1.82, 2.24) is 15.2 Å². The maximum atomic E-state index is 12.6. The molecule has 0 unspecified atom stereocenters. The minimum atomic E-state index is -4.72. The number of hydrogen-bond donors (Lipinski definition) is 0. The van der Waals surface area contributed by atoms with Crippen LogP contribution in [0.5, 0.6) is 0 Å². The Bertz CT molecular complexity index is 873. The molecule has 0 bridgehead atoms. The van der Waals surface area contributed by atoms with Gasteiger partial charge >= 0.3 is 18.0 Å². The van der Waals surface area contributed by atoms with Crippen LogP contribution in [-0.2, 0) is 31.9 Å². The Balaban J connectivity index is 1.96. The first-order valence-corrected chi connectivity index (χ1v) is 8.95. The van der Waals surface area contributed by atoms with Gasteiger partial charge in [-0.15, -0.1) is 0 Å². The monoisotopic (exact) mass is 429 g/mol. The van der Waals surface area contributed by atoms with Crippen LogP contribution in [0.25, 0.3) is 11.4 Å². The molecule has 0 aliphatic rings. The quantitative estimate of drug-likeness (QED) is 0.488. The van der Waals surface area contributed by atoms with E-state index in [0.29, 0.717) is 11.1 Å². The molecule has 1 heterocycles. The molecule has 1 amide bonds. The average Bonchev–Trinajstić information content (AvgIpc) is 3.14. The standard InChI is InChI=1S/C19H22F3N3O5/c1-18(2,3)29-15(27)10-9-14(26)25(28-4)11-12-5-7-13(8-6-12)16-23-17(30-24-16)19(20,21)22/h5-8H,9-11H2,1-4H3. The molecule has 0 saturated heterocycles. The minimum absolute atomic E-state index is 0.0734. The maximum Gasteiger partial charge on any atom is 0.471 e. The van der Waals surface area contributed by atoms with Gasteiger partial charge in [-0.25, -0.2) is 5.06 Å². The molecule has 8 nitrogen and oxygen atoms in total. The van der Waals surface area contributed by atoms with E-state index in [2.05, 4.69) is 14.7 Å². The van der Waals surface area contributed by atoms with Crippen LogP contribution in [-0.4, -0.2) is 39.8 Å². The van der Waals surface area contributed by atoms with E-state index >= 15 is 0 Å². The normalized spacial score (nSPS) is 12.0. The summed E-state index contributed by atoms with van der Waals surface area (Å²) >= 11 is 0. The average molecular weight is 429 g/mol. The van der Waals surface area contributed by atoms with Crippen molar-refractivity contribution in [1.29, 1.82) is 0 Å². The molecule has 30 heavy (non-hydrogen) atoms. The molecule has 0 saturated carbocycles. The lowest BCUT2D eigenvalue weighted by atomic mass is 10.1. The van der Waals surface area contributed by atoms with E-state index in [0.717, 1.165) is 5.06 Å². The van der Waals surface area contributed by atoms with Crippen LogP contribution in [0.2, 0.25) is 0 Å². The third-order valence-electron chi connectivity index (χ3n) is 3.67. The Morgan fingerprint density at radius 2 is 1.73 bits per heavy atom. The van der Waals surface area contributed by atoms with Gasteiger partial charge in [0.1, 0.15) is 5.60 Å². The molecule has 2 aromatic rings. The van der Waals surface area contributed by atoms with E-state index in [1.54, 1.807) is 32.9 Å². The second-order valence-corrected chi connectivity index (χ2v) is 7.32. The van der Waals surface area contributed by atoms with E-state index in [1.807, 2.05) is 0 Å². The number of carbonyl (C=O) groups is 2. The van der Waals surface area contributed by atoms with Crippen LogP contribution in [0.3, 0.4) is 0 Å². The molecular weight excluding hydrogens is 407 g/mol. The van der Waals surface area contributed by atoms with Crippen LogP contribution in [0.4, 0.5) is 13.2 Å². The summed E-state index contributed by atoms with van der Waals surface area (Å²) in [5.74, 6) is -2.54. The third-order valence-corrected chi connectivity index (χ3v) is 3.67. The van der Waals surface area contributed by atoms with Gasteiger partial charge in [-0.1, -0.05) is 29.4 Å². The van der Waals surface area contributed by atoms with Crippen molar-refractivity contribution in [2.75, 3.05) is 7.11 Å². The summed E-state index contributed by atoms with van der Waals surface area (Å²) in [4.78, 5) is 32.4. The van der Waals surface area contributed by atoms with Gasteiger partial charge in [0.05, 0.1) is 20.1 Å². The molecule has 2 rings (SSSR count). The van der Waals surface area contributed by atoms with E-state index < -0.39 is 29.5 Å². The highest BCUT2D eigenvalue weighted by atomic mass is 19.4. The molecule has 164 valence electrons. The topological polar surface area (TPSA) is 94.8 Å². The molecule has 0 aliphatic heterocycles. The molecule has 0 aliphatic carbocycles. The summed E-state index contributed by atoms with van der Waals surface area (Å²) in [5.41, 5.74) is 0.325. The Hall–Kier alpha value is -2.95. The van der Waals surface area contributed by atoms with Gasteiger partial charge < -0.3 is 9.26 Å². The predicted molar refractivity (Wildman–Crippen MR) is 97.4 cm³/mol. The number of nitrogens with zero attached hydrogens (tertiary/aromatic N) is 3. The molecule has 0 spiro atoms. The van der Waals surface area contributed by atoms with Gasteiger partial charge in [0.25, 0.3) is 0 Å². The summed E-state index contributed by atoms with van der Waals surface area (Å²) in [5, 5.41) is 4.39. The molecule has 0 N–H and O–H groups in total. The Morgan fingerprint density at radius 3 is 2.23 bits per heavy atom. The van der Waals surface area contributed by atoms with Crippen molar-refractivity contribution in [2.45, 2.75) is 51.9 Å². The zero-order valence-electron chi connectivity index (χ0n) is 16.9. The summed E-state index contributed by atoms with van der Waals surface area (Å²) < 4.78 is 47.0. The van der Waals surface area contributed by atoms with Crippen molar-refractivity contribution >= 4 is 11.9 Å². The van der Waals surface area contributed by atoms with E-state index in [-0.39, 0.29) is 25.2 Å². The van der Waals surface area contributed by atoms with Crippen molar-refractivity contribution < 1.29 is 36.9 Å². The van der Waals surface area contributed by atoms with Crippen molar-refractivity contribution in [3.63, 3.8) is 0 Å². The number of ether oxygens (including phenoxy) is 1. The maximum absolute atomic E-state index is 12.6. The number of halogens is 3. The van der Waals surface area contributed by atoms with Crippen molar-refractivity contribution in [3.8, 4) is 11.4 Å². The van der Waals surface area contributed by atoms with Crippen LogP contribution in [0, 0.1) is 0 Å². The smallest absolute Gasteiger partial charge is 0.460 e. The first-order chi connectivity index (χ1) is 13.9. The molecule has 11 heteroatoms. The fraction of sp³-hybridized carbons (Fsp3) is 0.474. The summed E-state index contributed by atoms with van der Waals surface area (Å²) in [7, 11) is 1.32. The number of hydrogen-bond acceptors (Lipinski definition) is 7. The lowest BCUT2D eigenvalue weighted by molar-refractivity contribution is -0.180. The van der Waals surface area contributed by atoms with Gasteiger partial charge in [0, 0.05) is 12.0 Å². The van der Waals surface area contributed by atoms with Gasteiger partial charge in [-0.3, -0.25) is 14.4 Å². The highest BCUT2D eigenvalue weighted by Crippen LogP contribution is 2.29. The second-order valence-electron chi connectivity index (χ2n) is 7.32. The number of amides is 1. The van der Waals surface area contributed by atoms with Crippen LogP contribution in [0.1, 0.15) is 45.1 Å². The second kappa shape index (κ2) is 9.24. The zero-order valence-corrected chi connectivity index (χ0v) is 16.9. The number of aromatic nitrogens is 2. The molecule has 1 aromatic carbocycles. The fourth-order valence-corrected chi connectivity index (χ4v) is 2.36. The van der Waals surface area contributed by atoms with E-state index in [4.69, 9.17) is 9.57 Å².